The molecule has 1 saturated heterocycles. The Labute approximate surface area is 152 Å². The maximum Gasteiger partial charge on any atom is 0.454 e. The Morgan fingerprint density at radius 2 is 1.44 bits per heavy atom. The predicted molar refractivity (Wildman–Crippen MR) is 95.4 cm³/mol. The minimum Gasteiger partial charge on any atom is -0.368 e. The molecule has 0 radical (unpaired) electrons. The molecular weight excluding hydrogens is 397 g/mol. The van der Waals surface area contributed by atoms with Crippen LogP contribution in [0.2, 0.25) is 0 Å². The number of carbonyl (C=O) groups excluding carboxylic acids is 1. The van der Waals surface area contributed by atoms with Gasteiger partial charge in [0.05, 0.1) is 0 Å². The highest BCUT2D eigenvalue weighted by Gasteiger charge is 2.39. The van der Waals surface area contributed by atoms with Gasteiger partial charge in [0.2, 0.25) is 0 Å². The van der Waals surface area contributed by atoms with Crippen LogP contribution in [0, 0.1) is 0 Å². The van der Waals surface area contributed by atoms with E-state index >= 15 is 0 Å². The van der Waals surface area contributed by atoms with E-state index in [4.69, 9.17) is 0 Å². The molecule has 7 heteroatoms. The average molecular weight is 413 g/mol. The molecule has 0 N–H and O–H groups in total. The van der Waals surface area contributed by atoms with E-state index in [0.29, 0.717) is 18.8 Å². The molecule has 2 aromatic rings. The lowest BCUT2D eigenvalue weighted by Gasteiger charge is -2.37. The van der Waals surface area contributed by atoms with Crippen molar-refractivity contribution in [3.05, 3.63) is 58.6 Å². The second-order valence-corrected chi connectivity index (χ2v) is 6.74. The molecule has 1 aliphatic rings. The van der Waals surface area contributed by atoms with Gasteiger partial charge in [0.1, 0.15) is 0 Å². The second kappa shape index (κ2) is 7.07. The van der Waals surface area contributed by atoms with Crippen molar-refractivity contribution < 1.29 is 18.0 Å². The Morgan fingerprint density at radius 1 is 0.880 bits per heavy atom. The third-order valence-electron chi connectivity index (χ3n) is 4.20. The van der Waals surface area contributed by atoms with Crippen molar-refractivity contribution >= 4 is 33.1 Å². The van der Waals surface area contributed by atoms with Crippen molar-refractivity contribution in [3.63, 3.8) is 0 Å². The molecule has 1 heterocycles. The summed E-state index contributed by atoms with van der Waals surface area (Å²) < 4.78 is 38.8. The van der Waals surface area contributed by atoms with E-state index in [1.165, 1.54) is 18.2 Å². The summed E-state index contributed by atoms with van der Waals surface area (Å²) in [5.41, 5.74) is 1.44. The first-order chi connectivity index (χ1) is 11.8. The first-order valence-corrected chi connectivity index (χ1v) is 8.61. The van der Waals surface area contributed by atoms with Crippen molar-refractivity contribution in [2.75, 3.05) is 36.0 Å². The summed E-state index contributed by atoms with van der Waals surface area (Å²) in [7, 11) is 0. The number of piperazine rings is 1. The molecule has 3 rings (SSSR count). The smallest absolute Gasteiger partial charge is 0.368 e. The average Bonchev–Trinajstić information content (AvgIpc) is 2.61. The molecule has 0 aliphatic carbocycles. The molecule has 0 bridgehead atoms. The molecule has 1 aliphatic heterocycles. The Bertz CT molecular complexity index is 754. The van der Waals surface area contributed by atoms with E-state index in [9.17, 15) is 18.0 Å². The molecule has 0 spiro atoms. The normalized spacial score (nSPS) is 15.4. The van der Waals surface area contributed by atoms with Gasteiger partial charge in [-0.25, -0.2) is 0 Å². The molecule has 0 atom stereocenters. The highest BCUT2D eigenvalue weighted by molar-refractivity contribution is 9.10. The minimum absolute atomic E-state index is 0.319. The van der Waals surface area contributed by atoms with Gasteiger partial charge in [-0.05, 0) is 36.4 Å². The molecule has 3 nitrogen and oxygen atoms in total. The first-order valence-electron chi connectivity index (χ1n) is 7.81. The maximum atomic E-state index is 12.6. The molecule has 2 aromatic carbocycles. The highest BCUT2D eigenvalue weighted by atomic mass is 79.9. The second-order valence-electron chi connectivity index (χ2n) is 5.83. The van der Waals surface area contributed by atoms with E-state index in [2.05, 4.69) is 20.8 Å². The topological polar surface area (TPSA) is 23.6 Å². The Morgan fingerprint density at radius 3 is 2.00 bits per heavy atom. The summed E-state index contributed by atoms with van der Waals surface area (Å²) in [5, 5.41) is 0. The predicted octanol–water partition coefficient (Wildman–Crippen LogP) is 4.52. The van der Waals surface area contributed by atoms with Crippen LogP contribution in [0.1, 0.15) is 10.4 Å². The van der Waals surface area contributed by atoms with Crippen LogP contribution in [0.15, 0.2) is 53.0 Å². The van der Waals surface area contributed by atoms with Crippen LogP contribution in [0.4, 0.5) is 24.5 Å². The summed E-state index contributed by atoms with van der Waals surface area (Å²) in [5.74, 6) is -1.80. The largest absolute Gasteiger partial charge is 0.454 e. The van der Waals surface area contributed by atoms with E-state index in [-0.39, 0.29) is 5.56 Å². The lowest BCUT2D eigenvalue weighted by molar-refractivity contribution is -0.0885. The number of Topliss-reactive ketones (excluding diaryl/α,β-unsaturated/α-hetero) is 1. The zero-order chi connectivity index (χ0) is 18.0. The number of anilines is 2. The van der Waals surface area contributed by atoms with Gasteiger partial charge < -0.3 is 9.80 Å². The van der Waals surface area contributed by atoms with Gasteiger partial charge in [0, 0.05) is 47.6 Å². The van der Waals surface area contributed by atoms with E-state index in [0.717, 1.165) is 23.2 Å². The molecule has 25 heavy (non-hydrogen) atoms. The summed E-state index contributed by atoms with van der Waals surface area (Å²) in [6, 6.07) is 13.8. The van der Waals surface area contributed by atoms with Gasteiger partial charge in [-0.15, -0.1) is 0 Å². The van der Waals surface area contributed by atoms with Crippen molar-refractivity contribution in [1.29, 1.82) is 0 Å². The molecule has 0 aromatic heterocycles. The number of halogens is 4. The van der Waals surface area contributed by atoms with Crippen molar-refractivity contribution in [1.82, 2.24) is 0 Å². The van der Waals surface area contributed by atoms with Crippen LogP contribution < -0.4 is 9.80 Å². The summed E-state index contributed by atoms with van der Waals surface area (Å²) in [6.45, 7) is 2.89. The number of ketones is 1. The van der Waals surface area contributed by atoms with Crippen molar-refractivity contribution in [2.24, 2.45) is 0 Å². The SMILES string of the molecule is O=C(c1cccc(N2CCN(c3ccc(Br)cc3)CC2)c1)C(F)(F)F. The molecule has 1 fully saturated rings. The maximum absolute atomic E-state index is 12.6. The summed E-state index contributed by atoms with van der Waals surface area (Å²) in [4.78, 5) is 15.6. The Kier molecular flexibility index (Phi) is 5.03. The monoisotopic (exact) mass is 412 g/mol. The minimum atomic E-state index is -4.85. The number of rotatable bonds is 3. The van der Waals surface area contributed by atoms with Gasteiger partial charge in [-0.2, -0.15) is 13.2 Å². The molecule has 0 amide bonds. The lowest BCUT2D eigenvalue weighted by Crippen LogP contribution is -2.46. The summed E-state index contributed by atoms with van der Waals surface area (Å²) >= 11 is 3.41. The fourth-order valence-electron chi connectivity index (χ4n) is 2.88. The van der Waals surface area contributed by atoms with Crippen LogP contribution in [0.5, 0.6) is 0 Å². The summed E-state index contributed by atoms with van der Waals surface area (Å²) in [6.07, 6.45) is -4.85. The van der Waals surface area contributed by atoms with Crippen LogP contribution >= 0.6 is 15.9 Å². The molecule has 0 saturated carbocycles. The number of carbonyl (C=O) groups is 1. The number of hydrogen-bond donors (Lipinski definition) is 0. The first kappa shape index (κ1) is 17.8. The van der Waals surface area contributed by atoms with Crippen molar-refractivity contribution in [3.8, 4) is 0 Å². The van der Waals surface area contributed by atoms with E-state index in [1.807, 2.05) is 29.2 Å². The third kappa shape index (κ3) is 4.15. The number of benzene rings is 2. The zero-order valence-corrected chi connectivity index (χ0v) is 14.8. The van der Waals surface area contributed by atoms with Gasteiger partial charge >= 0.3 is 6.18 Å². The van der Waals surface area contributed by atoms with Crippen LogP contribution in [0.25, 0.3) is 0 Å². The molecule has 0 unspecified atom stereocenters. The van der Waals surface area contributed by atoms with Gasteiger partial charge in [0.25, 0.3) is 5.78 Å². The third-order valence-corrected chi connectivity index (χ3v) is 4.73. The van der Waals surface area contributed by atoms with E-state index in [1.54, 1.807) is 6.07 Å². The standard InChI is InChI=1S/C18H16BrF3N2O/c19-14-4-6-15(7-5-14)23-8-10-24(11-9-23)16-3-1-2-13(12-16)17(25)18(20,21)22/h1-7,12H,8-11H2. The highest BCUT2D eigenvalue weighted by Crippen LogP contribution is 2.26. The number of alkyl halides is 3. The van der Waals surface area contributed by atoms with Gasteiger partial charge in [-0.1, -0.05) is 28.1 Å². The van der Waals surface area contributed by atoms with Crippen LogP contribution in [-0.2, 0) is 0 Å². The fraction of sp³-hybridized carbons (Fsp3) is 0.278. The molecular formula is C18H16BrF3N2O. The van der Waals surface area contributed by atoms with Crippen LogP contribution in [0.3, 0.4) is 0 Å². The molecule has 132 valence electrons. The van der Waals surface area contributed by atoms with Gasteiger partial charge in [0.15, 0.2) is 0 Å². The zero-order valence-electron chi connectivity index (χ0n) is 13.3. The Balaban J connectivity index is 1.69. The van der Waals surface area contributed by atoms with Crippen LogP contribution in [-0.4, -0.2) is 38.1 Å². The Hall–Kier alpha value is -2.02. The lowest BCUT2D eigenvalue weighted by atomic mass is 10.1. The fourth-order valence-corrected chi connectivity index (χ4v) is 3.15. The quantitative estimate of drug-likeness (QED) is 0.692. The van der Waals surface area contributed by atoms with E-state index < -0.39 is 12.0 Å². The van der Waals surface area contributed by atoms with Gasteiger partial charge in [-0.3, -0.25) is 4.79 Å². The van der Waals surface area contributed by atoms with Crippen molar-refractivity contribution in [2.45, 2.75) is 6.18 Å². The number of hydrogen-bond acceptors (Lipinski definition) is 3. The number of nitrogens with zero attached hydrogens (tertiary/aromatic N) is 2.